The summed E-state index contributed by atoms with van der Waals surface area (Å²) < 4.78 is 6.34. The second kappa shape index (κ2) is 5.72. The maximum Gasteiger partial charge on any atom is 0.276 e. The Labute approximate surface area is 123 Å². The van der Waals surface area contributed by atoms with E-state index in [9.17, 15) is 10.1 Å². The Morgan fingerprint density at radius 2 is 2.10 bits per heavy atom. The van der Waals surface area contributed by atoms with Gasteiger partial charge in [0.05, 0.1) is 22.1 Å². The van der Waals surface area contributed by atoms with Gasteiger partial charge in [-0.2, -0.15) is 5.26 Å². The van der Waals surface area contributed by atoms with Gasteiger partial charge in [-0.3, -0.25) is 10.1 Å². The lowest BCUT2D eigenvalue weighted by Crippen LogP contribution is -1.94. The first-order valence-corrected chi connectivity index (χ1v) is 6.43. The van der Waals surface area contributed by atoms with Gasteiger partial charge in [-0.05, 0) is 31.2 Å². The van der Waals surface area contributed by atoms with E-state index < -0.39 is 4.92 Å². The molecule has 2 aromatic rings. The Morgan fingerprint density at radius 3 is 2.75 bits per heavy atom. The van der Waals surface area contributed by atoms with Crippen LogP contribution in [-0.2, 0) is 0 Å². The molecular formula is C14H9BrN2O3. The van der Waals surface area contributed by atoms with Gasteiger partial charge in [0.15, 0.2) is 0 Å². The molecule has 2 aromatic carbocycles. The number of nitro benzene ring substituents is 1. The van der Waals surface area contributed by atoms with Crippen LogP contribution >= 0.6 is 15.9 Å². The molecule has 0 aliphatic rings. The molecule has 100 valence electrons. The molecule has 20 heavy (non-hydrogen) atoms. The fourth-order valence-electron chi connectivity index (χ4n) is 1.72. The minimum atomic E-state index is -0.455. The van der Waals surface area contributed by atoms with Crippen LogP contribution < -0.4 is 4.74 Å². The summed E-state index contributed by atoms with van der Waals surface area (Å²) in [6.07, 6.45) is 0. The van der Waals surface area contributed by atoms with E-state index in [0.29, 0.717) is 27.1 Å². The van der Waals surface area contributed by atoms with Gasteiger partial charge in [0.25, 0.3) is 5.69 Å². The molecule has 0 aliphatic heterocycles. The van der Waals surface area contributed by atoms with Crippen LogP contribution in [0.1, 0.15) is 11.1 Å². The first kappa shape index (κ1) is 14.0. The van der Waals surface area contributed by atoms with Crippen LogP contribution in [0.2, 0.25) is 0 Å². The lowest BCUT2D eigenvalue weighted by molar-refractivity contribution is -0.385. The van der Waals surface area contributed by atoms with E-state index in [2.05, 4.69) is 15.9 Å². The van der Waals surface area contributed by atoms with Crippen LogP contribution in [0.15, 0.2) is 40.9 Å². The highest BCUT2D eigenvalue weighted by Gasteiger charge is 2.14. The molecule has 0 N–H and O–H groups in total. The van der Waals surface area contributed by atoms with Crippen LogP contribution in [0.3, 0.4) is 0 Å². The number of hydrogen-bond acceptors (Lipinski definition) is 4. The minimum absolute atomic E-state index is 0.00185. The number of ether oxygens (including phenoxy) is 1. The standard InChI is InChI=1S/C14H9BrN2O3/c1-9-13(17(18)19)3-2-4-14(9)20-12-6-10(8-16)5-11(15)7-12/h2-7H,1H3. The van der Waals surface area contributed by atoms with E-state index in [-0.39, 0.29) is 5.69 Å². The number of nitro groups is 1. The number of nitrogens with zero attached hydrogens (tertiary/aromatic N) is 2. The monoisotopic (exact) mass is 332 g/mol. The molecule has 0 radical (unpaired) electrons. The molecule has 6 heteroatoms. The van der Waals surface area contributed by atoms with E-state index in [4.69, 9.17) is 10.00 Å². The van der Waals surface area contributed by atoms with E-state index in [1.807, 2.05) is 6.07 Å². The molecule has 0 saturated carbocycles. The third kappa shape index (κ3) is 2.95. The highest BCUT2D eigenvalue weighted by atomic mass is 79.9. The number of hydrogen-bond donors (Lipinski definition) is 0. The van der Waals surface area contributed by atoms with Crippen molar-refractivity contribution < 1.29 is 9.66 Å². The predicted molar refractivity (Wildman–Crippen MR) is 76.8 cm³/mol. The number of halogens is 1. The highest BCUT2D eigenvalue weighted by Crippen LogP contribution is 2.32. The third-order valence-corrected chi connectivity index (χ3v) is 3.14. The van der Waals surface area contributed by atoms with Crippen molar-refractivity contribution in [3.05, 3.63) is 62.1 Å². The molecule has 0 fully saturated rings. The molecular weight excluding hydrogens is 324 g/mol. The van der Waals surface area contributed by atoms with E-state index in [0.717, 1.165) is 0 Å². The summed E-state index contributed by atoms with van der Waals surface area (Å²) in [5.74, 6) is 0.834. The normalized spacial score (nSPS) is 9.85. The topological polar surface area (TPSA) is 76.2 Å². The SMILES string of the molecule is Cc1c(Oc2cc(Br)cc(C#N)c2)cccc1[N+](=O)[O-]. The zero-order chi connectivity index (χ0) is 14.7. The molecule has 0 atom stereocenters. The summed E-state index contributed by atoms with van der Waals surface area (Å²) in [6, 6.07) is 11.6. The summed E-state index contributed by atoms with van der Waals surface area (Å²) in [7, 11) is 0. The Morgan fingerprint density at radius 1 is 1.35 bits per heavy atom. The first-order valence-electron chi connectivity index (χ1n) is 5.64. The Bertz CT molecular complexity index is 723. The molecule has 0 unspecified atom stereocenters. The Kier molecular flexibility index (Phi) is 4.01. The van der Waals surface area contributed by atoms with E-state index >= 15 is 0 Å². The fourth-order valence-corrected chi connectivity index (χ4v) is 2.20. The minimum Gasteiger partial charge on any atom is -0.457 e. The average molecular weight is 333 g/mol. The number of benzene rings is 2. The van der Waals surface area contributed by atoms with Gasteiger partial charge in [0, 0.05) is 10.5 Å². The van der Waals surface area contributed by atoms with Gasteiger partial charge < -0.3 is 4.74 Å². The smallest absolute Gasteiger partial charge is 0.276 e. The van der Waals surface area contributed by atoms with Crippen LogP contribution in [-0.4, -0.2) is 4.92 Å². The zero-order valence-electron chi connectivity index (χ0n) is 10.5. The lowest BCUT2D eigenvalue weighted by Gasteiger charge is -2.09. The average Bonchev–Trinajstić information content (AvgIpc) is 2.40. The second-order valence-electron chi connectivity index (χ2n) is 4.05. The van der Waals surface area contributed by atoms with Crippen LogP contribution in [0.25, 0.3) is 0 Å². The molecule has 5 nitrogen and oxygen atoms in total. The molecule has 0 aromatic heterocycles. The van der Waals surface area contributed by atoms with Gasteiger partial charge >= 0.3 is 0 Å². The fraction of sp³-hybridized carbons (Fsp3) is 0.0714. The van der Waals surface area contributed by atoms with E-state index in [1.54, 1.807) is 37.3 Å². The quantitative estimate of drug-likeness (QED) is 0.619. The summed E-state index contributed by atoms with van der Waals surface area (Å²) >= 11 is 3.28. The van der Waals surface area contributed by atoms with Crippen molar-refractivity contribution in [2.75, 3.05) is 0 Å². The van der Waals surface area contributed by atoms with Crippen molar-refractivity contribution in [1.29, 1.82) is 5.26 Å². The summed E-state index contributed by atoms with van der Waals surface area (Å²) in [5, 5.41) is 19.8. The number of rotatable bonds is 3. The van der Waals surface area contributed by atoms with Crippen molar-refractivity contribution in [3.63, 3.8) is 0 Å². The summed E-state index contributed by atoms with van der Waals surface area (Å²) in [6.45, 7) is 1.62. The maximum atomic E-state index is 10.9. The van der Waals surface area contributed by atoms with Gasteiger partial charge in [0.2, 0.25) is 0 Å². The lowest BCUT2D eigenvalue weighted by atomic mass is 10.2. The Balaban J connectivity index is 2.41. The molecule has 0 bridgehead atoms. The highest BCUT2D eigenvalue weighted by molar-refractivity contribution is 9.10. The van der Waals surface area contributed by atoms with Crippen molar-refractivity contribution in [1.82, 2.24) is 0 Å². The van der Waals surface area contributed by atoms with Crippen LogP contribution in [0.4, 0.5) is 5.69 Å². The molecule has 0 saturated heterocycles. The van der Waals surface area contributed by atoms with Gasteiger partial charge in [0.1, 0.15) is 11.5 Å². The van der Waals surface area contributed by atoms with Crippen molar-refractivity contribution in [2.24, 2.45) is 0 Å². The largest absolute Gasteiger partial charge is 0.457 e. The molecule has 2 rings (SSSR count). The first-order chi connectivity index (χ1) is 9.51. The van der Waals surface area contributed by atoms with Crippen molar-refractivity contribution >= 4 is 21.6 Å². The van der Waals surface area contributed by atoms with Crippen LogP contribution in [0.5, 0.6) is 11.5 Å². The van der Waals surface area contributed by atoms with Gasteiger partial charge in [-0.25, -0.2) is 0 Å². The maximum absolute atomic E-state index is 10.9. The molecule has 0 aliphatic carbocycles. The van der Waals surface area contributed by atoms with Gasteiger partial charge in [-0.15, -0.1) is 0 Å². The summed E-state index contributed by atoms with van der Waals surface area (Å²) in [5.41, 5.74) is 0.881. The molecule has 0 spiro atoms. The Hall–Kier alpha value is -2.39. The second-order valence-corrected chi connectivity index (χ2v) is 4.96. The zero-order valence-corrected chi connectivity index (χ0v) is 12.0. The van der Waals surface area contributed by atoms with Gasteiger partial charge in [-0.1, -0.05) is 22.0 Å². The van der Waals surface area contributed by atoms with Crippen molar-refractivity contribution in [3.8, 4) is 17.6 Å². The number of nitriles is 1. The molecule has 0 heterocycles. The van der Waals surface area contributed by atoms with E-state index in [1.165, 1.54) is 6.07 Å². The van der Waals surface area contributed by atoms with Crippen LogP contribution in [0, 0.1) is 28.4 Å². The summed E-state index contributed by atoms with van der Waals surface area (Å²) in [4.78, 5) is 10.4. The third-order valence-electron chi connectivity index (χ3n) is 2.68. The predicted octanol–water partition coefficient (Wildman–Crippen LogP) is 4.33. The van der Waals surface area contributed by atoms with Crippen molar-refractivity contribution in [2.45, 2.75) is 6.92 Å². The molecule has 0 amide bonds.